The van der Waals surface area contributed by atoms with E-state index in [-0.39, 0.29) is 0 Å². The Hall–Kier alpha value is -0.120. The van der Waals surface area contributed by atoms with Crippen molar-refractivity contribution in [3.8, 4) is 0 Å². The standard InChI is InChI=1S/C15H13Br3/c16-10-12(13-6-2-4-8-15(13)18)9-11-5-1-3-7-14(11)17/h1-8,12H,9-10H2. The monoisotopic (exact) mass is 430 g/mol. The van der Waals surface area contributed by atoms with E-state index in [1.165, 1.54) is 20.1 Å². The molecule has 3 heteroatoms. The van der Waals surface area contributed by atoms with E-state index in [4.69, 9.17) is 0 Å². The van der Waals surface area contributed by atoms with E-state index in [9.17, 15) is 0 Å². The van der Waals surface area contributed by atoms with Gasteiger partial charge in [-0.1, -0.05) is 84.2 Å². The summed E-state index contributed by atoms with van der Waals surface area (Å²) in [6.07, 6.45) is 1.02. The molecule has 0 bridgehead atoms. The fraction of sp³-hybridized carbons (Fsp3) is 0.200. The predicted molar refractivity (Wildman–Crippen MR) is 88.5 cm³/mol. The minimum atomic E-state index is 0.472. The van der Waals surface area contributed by atoms with Crippen LogP contribution in [0.3, 0.4) is 0 Å². The van der Waals surface area contributed by atoms with Crippen molar-refractivity contribution in [3.63, 3.8) is 0 Å². The molecular weight excluding hydrogens is 420 g/mol. The molecule has 0 saturated heterocycles. The van der Waals surface area contributed by atoms with Crippen LogP contribution in [0.5, 0.6) is 0 Å². The first-order chi connectivity index (χ1) is 8.72. The van der Waals surface area contributed by atoms with Gasteiger partial charge >= 0.3 is 0 Å². The molecule has 0 saturated carbocycles. The van der Waals surface area contributed by atoms with Gasteiger partial charge in [-0.05, 0) is 35.6 Å². The molecule has 2 aromatic carbocycles. The third kappa shape index (κ3) is 3.46. The maximum absolute atomic E-state index is 3.64. The van der Waals surface area contributed by atoms with Crippen LogP contribution in [0.1, 0.15) is 17.0 Å². The number of alkyl halides is 1. The van der Waals surface area contributed by atoms with E-state index in [1.54, 1.807) is 0 Å². The van der Waals surface area contributed by atoms with Gasteiger partial charge in [-0.15, -0.1) is 0 Å². The van der Waals surface area contributed by atoms with E-state index in [2.05, 4.69) is 96.3 Å². The number of benzene rings is 2. The fourth-order valence-corrected chi connectivity index (χ4v) is 3.62. The van der Waals surface area contributed by atoms with Crippen molar-refractivity contribution in [2.75, 3.05) is 5.33 Å². The van der Waals surface area contributed by atoms with Gasteiger partial charge in [-0.3, -0.25) is 0 Å². The molecule has 0 spiro atoms. The molecular formula is C15H13Br3. The molecule has 2 rings (SSSR count). The first-order valence-electron chi connectivity index (χ1n) is 5.76. The maximum Gasteiger partial charge on any atom is 0.0210 e. The zero-order valence-electron chi connectivity index (χ0n) is 9.74. The van der Waals surface area contributed by atoms with Gasteiger partial charge in [0.15, 0.2) is 0 Å². The van der Waals surface area contributed by atoms with Gasteiger partial charge in [-0.25, -0.2) is 0 Å². The molecule has 0 amide bonds. The third-order valence-electron chi connectivity index (χ3n) is 2.96. The minimum absolute atomic E-state index is 0.472. The van der Waals surface area contributed by atoms with Crippen LogP contribution in [-0.4, -0.2) is 5.33 Å². The highest BCUT2D eigenvalue weighted by Gasteiger charge is 2.14. The van der Waals surface area contributed by atoms with Gasteiger partial charge < -0.3 is 0 Å². The number of hydrogen-bond acceptors (Lipinski definition) is 0. The molecule has 0 radical (unpaired) electrons. The molecule has 1 atom stereocenters. The molecule has 1 unspecified atom stereocenters. The Balaban J connectivity index is 2.26. The van der Waals surface area contributed by atoms with Crippen LogP contribution >= 0.6 is 47.8 Å². The van der Waals surface area contributed by atoms with Crippen LogP contribution in [0, 0.1) is 0 Å². The summed E-state index contributed by atoms with van der Waals surface area (Å²) in [6.45, 7) is 0. The van der Waals surface area contributed by atoms with Crippen LogP contribution in [0.2, 0.25) is 0 Å². The Morgan fingerprint density at radius 1 is 0.833 bits per heavy atom. The van der Waals surface area contributed by atoms with Crippen molar-refractivity contribution in [2.24, 2.45) is 0 Å². The van der Waals surface area contributed by atoms with E-state index in [1.807, 2.05) is 0 Å². The molecule has 0 nitrogen and oxygen atoms in total. The average molecular weight is 433 g/mol. The van der Waals surface area contributed by atoms with Gasteiger partial charge in [0, 0.05) is 14.3 Å². The highest BCUT2D eigenvalue weighted by atomic mass is 79.9. The first kappa shape index (κ1) is 14.3. The summed E-state index contributed by atoms with van der Waals surface area (Å²) < 4.78 is 2.37. The molecule has 0 aliphatic heterocycles. The summed E-state index contributed by atoms with van der Waals surface area (Å²) >= 11 is 10.9. The molecule has 18 heavy (non-hydrogen) atoms. The summed E-state index contributed by atoms with van der Waals surface area (Å²) in [5.74, 6) is 0.472. The van der Waals surface area contributed by atoms with Gasteiger partial charge in [-0.2, -0.15) is 0 Å². The SMILES string of the molecule is BrCC(Cc1ccccc1Br)c1ccccc1Br. The van der Waals surface area contributed by atoms with Gasteiger partial charge in [0.05, 0.1) is 0 Å². The lowest BCUT2D eigenvalue weighted by molar-refractivity contribution is 0.769. The van der Waals surface area contributed by atoms with Crippen LogP contribution in [-0.2, 0) is 6.42 Å². The van der Waals surface area contributed by atoms with E-state index >= 15 is 0 Å². The predicted octanol–water partition coefficient (Wildman–Crippen LogP) is 5.93. The zero-order chi connectivity index (χ0) is 13.0. The number of hydrogen-bond donors (Lipinski definition) is 0. The molecule has 0 heterocycles. The Kier molecular flexibility index (Phi) is 5.46. The summed E-state index contributed by atoms with van der Waals surface area (Å²) in [6, 6.07) is 16.9. The molecule has 0 aromatic heterocycles. The second-order valence-corrected chi connectivity index (χ2v) is 6.52. The van der Waals surface area contributed by atoms with Crippen molar-refractivity contribution < 1.29 is 0 Å². The summed E-state index contributed by atoms with van der Waals surface area (Å²) in [5.41, 5.74) is 2.70. The van der Waals surface area contributed by atoms with E-state index < -0.39 is 0 Å². The lowest BCUT2D eigenvalue weighted by Gasteiger charge is -2.17. The van der Waals surface area contributed by atoms with Crippen molar-refractivity contribution in [3.05, 3.63) is 68.6 Å². The normalized spacial score (nSPS) is 12.4. The second kappa shape index (κ2) is 6.88. The molecule has 2 aromatic rings. The van der Waals surface area contributed by atoms with Crippen molar-refractivity contribution in [2.45, 2.75) is 12.3 Å². The molecule has 0 N–H and O–H groups in total. The van der Waals surface area contributed by atoms with E-state index in [0.717, 1.165) is 11.8 Å². The largest absolute Gasteiger partial charge is 0.0921 e. The quantitative estimate of drug-likeness (QED) is 0.525. The second-order valence-electron chi connectivity index (χ2n) is 4.17. The lowest BCUT2D eigenvalue weighted by Crippen LogP contribution is -2.05. The Bertz CT molecular complexity index is 523. The van der Waals surface area contributed by atoms with Crippen LogP contribution in [0.15, 0.2) is 57.5 Å². The van der Waals surface area contributed by atoms with Gasteiger partial charge in [0.1, 0.15) is 0 Å². The van der Waals surface area contributed by atoms with E-state index in [0.29, 0.717) is 5.92 Å². The summed E-state index contributed by atoms with van der Waals surface area (Å²) in [5, 5.41) is 0.955. The third-order valence-corrected chi connectivity index (χ3v) is 5.23. The van der Waals surface area contributed by atoms with Crippen LogP contribution < -0.4 is 0 Å². The van der Waals surface area contributed by atoms with Crippen LogP contribution in [0.4, 0.5) is 0 Å². The van der Waals surface area contributed by atoms with Crippen molar-refractivity contribution in [1.82, 2.24) is 0 Å². The molecule has 0 fully saturated rings. The minimum Gasteiger partial charge on any atom is -0.0921 e. The summed E-state index contributed by atoms with van der Waals surface area (Å²) in [4.78, 5) is 0. The Morgan fingerprint density at radius 2 is 1.44 bits per heavy atom. The van der Waals surface area contributed by atoms with Crippen molar-refractivity contribution in [1.29, 1.82) is 0 Å². The highest BCUT2D eigenvalue weighted by Crippen LogP contribution is 2.31. The zero-order valence-corrected chi connectivity index (χ0v) is 14.5. The molecule has 94 valence electrons. The van der Waals surface area contributed by atoms with Crippen molar-refractivity contribution >= 4 is 47.8 Å². The fourth-order valence-electron chi connectivity index (χ4n) is 1.98. The molecule has 0 aliphatic carbocycles. The first-order valence-corrected chi connectivity index (χ1v) is 8.47. The van der Waals surface area contributed by atoms with Gasteiger partial charge in [0.25, 0.3) is 0 Å². The molecule has 0 aliphatic rings. The number of rotatable bonds is 4. The average Bonchev–Trinajstić information content (AvgIpc) is 2.39. The van der Waals surface area contributed by atoms with Crippen LogP contribution in [0.25, 0.3) is 0 Å². The van der Waals surface area contributed by atoms with Gasteiger partial charge in [0.2, 0.25) is 0 Å². The number of halogens is 3. The lowest BCUT2D eigenvalue weighted by atomic mass is 9.94. The highest BCUT2D eigenvalue weighted by molar-refractivity contribution is 9.11. The Labute approximate surface area is 133 Å². The Morgan fingerprint density at radius 3 is 2.06 bits per heavy atom. The smallest absolute Gasteiger partial charge is 0.0210 e. The topological polar surface area (TPSA) is 0 Å². The maximum atomic E-state index is 3.64. The summed E-state index contributed by atoms with van der Waals surface area (Å²) in [7, 11) is 0.